The number of carbonyl (C=O) groups excluding carboxylic acids is 3. The van der Waals surface area contributed by atoms with Gasteiger partial charge in [-0.3, -0.25) is 4.79 Å². The number of aryl methyl sites for hydroxylation is 1. The molecule has 40 heavy (non-hydrogen) atoms. The summed E-state index contributed by atoms with van der Waals surface area (Å²) in [5.74, 6) is -1.68. The number of amides is 5. The van der Waals surface area contributed by atoms with E-state index >= 15 is 0 Å². The predicted molar refractivity (Wildman–Crippen MR) is 138 cm³/mol. The van der Waals surface area contributed by atoms with Crippen molar-refractivity contribution in [3.8, 4) is 0 Å². The Bertz CT molecular complexity index is 1510. The van der Waals surface area contributed by atoms with Crippen molar-refractivity contribution in [1.29, 1.82) is 0 Å². The van der Waals surface area contributed by atoms with Gasteiger partial charge in [-0.25, -0.2) is 27.1 Å². The average Bonchev–Trinajstić information content (AvgIpc) is 2.87. The molecule has 3 aromatic carbocycles. The molecule has 0 aromatic heterocycles. The van der Waals surface area contributed by atoms with E-state index in [4.69, 9.17) is 0 Å². The molecule has 0 bridgehead atoms. The van der Waals surface area contributed by atoms with Gasteiger partial charge in [0.2, 0.25) is 0 Å². The fourth-order valence-electron chi connectivity index (χ4n) is 3.24. The first-order valence-corrected chi connectivity index (χ1v) is 12.9. The van der Waals surface area contributed by atoms with E-state index in [2.05, 4.69) is 21.3 Å². The zero-order chi connectivity index (χ0) is 29.5. The second-order valence-corrected chi connectivity index (χ2v) is 9.97. The molecule has 212 valence electrons. The topological polar surface area (TPSA) is 146 Å². The SMILES string of the molecule is Cc1cccc(S(=O)(=O)NC(=O)NCCNC(=O)c2ccc(NC(=O)Nc3ccc(C(F)(F)F)cc3)c(F)c2)c1. The number of hydrogen-bond acceptors (Lipinski definition) is 5. The zero-order valence-electron chi connectivity index (χ0n) is 20.7. The van der Waals surface area contributed by atoms with Crippen LogP contribution in [-0.4, -0.2) is 39.5 Å². The molecule has 0 atom stereocenters. The van der Waals surface area contributed by atoms with E-state index < -0.39 is 45.5 Å². The van der Waals surface area contributed by atoms with Gasteiger partial charge in [-0.05, 0) is 67.1 Å². The molecule has 0 aliphatic heterocycles. The van der Waals surface area contributed by atoms with Crippen LogP contribution >= 0.6 is 0 Å². The summed E-state index contributed by atoms with van der Waals surface area (Å²) in [7, 11) is -4.09. The van der Waals surface area contributed by atoms with Gasteiger partial charge in [0.1, 0.15) is 5.82 Å². The first-order chi connectivity index (χ1) is 18.7. The van der Waals surface area contributed by atoms with Gasteiger partial charge in [0, 0.05) is 24.3 Å². The Kier molecular flexibility index (Phi) is 9.31. The Morgan fingerprint density at radius 1 is 0.825 bits per heavy atom. The molecular weight excluding hydrogens is 558 g/mol. The number of sulfonamides is 1. The van der Waals surface area contributed by atoms with E-state index in [1.807, 2.05) is 4.72 Å². The molecule has 0 fully saturated rings. The Hall–Kier alpha value is -4.66. The molecule has 5 amide bonds. The highest BCUT2D eigenvalue weighted by atomic mass is 32.2. The Balaban J connectivity index is 1.45. The third-order valence-electron chi connectivity index (χ3n) is 5.17. The lowest BCUT2D eigenvalue weighted by atomic mass is 10.2. The lowest BCUT2D eigenvalue weighted by Gasteiger charge is -2.11. The van der Waals surface area contributed by atoms with Crippen molar-refractivity contribution in [2.24, 2.45) is 0 Å². The minimum absolute atomic E-state index is 0.0389. The molecule has 0 heterocycles. The van der Waals surface area contributed by atoms with Crippen LogP contribution in [0.4, 0.5) is 38.5 Å². The minimum atomic E-state index is -4.53. The van der Waals surface area contributed by atoms with E-state index in [1.165, 1.54) is 24.3 Å². The van der Waals surface area contributed by atoms with Gasteiger partial charge < -0.3 is 21.3 Å². The maximum Gasteiger partial charge on any atom is 0.416 e. The van der Waals surface area contributed by atoms with Crippen LogP contribution in [0.5, 0.6) is 0 Å². The summed E-state index contributed by atoms with van der Waals surface area (Å²) in [5, 5.41) is 9.14. The van der Waals surface area contributed by atoms with Crippen LogP contribution in [0.2, 0.25) is 0 Å². The molecule has 0 aliphatic carbocycles. The molecule has 3 rings (SSSR count). The highest BCUT2D eigenvalue weighted by Gasteiger charge is 2.30. The van der Waals surface area contributed by atoms with Crippen molar-refractivity contribution in [3.05, 3.63) is 89.2 Å². The number of halogens is 4. The number of alkyl halides is 3. The fraction of sp³-hybridized carbons (Fsp3) is 0.160. The summed E-state index contributed by atoms with van der Waals surface area (Å²) in [6, 6.07) is 10.8. The fourth-order valence-corrected chi connectivity index (χ4v) is 4.27. The number of anilines is 2. The standard InChI is InChI=1S/C25H23F4N5O5S/c1-15-3-2-4-19(13-15)40(38,39)34-23(36)31-12-11-30-22(35)16-5-10-21(20(26)14-16)33-24(37)32-18-8-6-17(7-9-18)25(27,28)29/h2-10,13-14H,11-12H2,1H3,(H,30,35)(H2,31,34,36)(H2,32,33,37). The third kappa shape index (κ3) is 8.42. The molecule has 3 aromatic rings. The van der Waals surface area contributed by atoms with Gasteiger partial charge in [0.25, 0.3) is 15.9 Å². The van der Waals surface area contributed by atoms with Gasteiger partial charge in [0.05, 0.1) is 16.1 Å². The highest BCUT2D eigenvalue weighted by molar-refractivity contribution is 7.90. The number of nitrogens with one attached hydrogen (secondary N) is 5. The number of rotatable bonds is 8. The maximum absolute atomic E-state index is 14.4. The Morgan fingerprint density at radius 2 is 1.50 bits per heavy atom. The lowest BCUT2D eigenvalue weighted by molar-refractivity contribution is -0.137. The number of benzene rings is 3. The first kappa shape index (κ1) is 29.9. The minimum Gasteiger partial charge on any atom is -0.350 e. The maximum atomic E-state index is 14.4. The summed E-state index contributed by atoms with van der Waals surface area (Å²) in [4.78, 5) is 36.2. The van der Waals surface area contributed by atoms with Crippen LogP contribution in [-0.2, 0) is 16.2 Å². The smallest absolute Gasteiger partial charge is 0.350 e. The van der Waals surface area contributed by atoms with Gasteiger partial charge in [-0.2, -0.15) is 13.2 Å². The van der Waals surface area contributed by atoms with E-state index in [-0.39, 0.29) is 34.9 Å². The van der Waals surface area contributed by atoms with Gasteiger partial charge >= 0.3 is 18.2 Å². The number of urea groups is 2. The van der Waals surface area contributed by atoms with Crippen molar-refractivity contribution in [2.45, 2.75) is 18.0 Å². The summed E-state index contributed by atoms with van der Waals surface area (Å²) in [5.41, 5.74) is -0.583. The van der Waals surface area contributed by atoms with Crippen molar-refractivity contribution < 1.29 is 40.4 Å². The van der Waals surface area contributed by atoms with Gasteiger partial charge in [-0.15, -0.1) is 0 Å². The first-order valence-electron chi connectivity index (χ1n) is 11.4. The second-order valence-electron chi connectivity index (χ2n) is 8.28. The number of hydrogen-bond donors (Lipinski definition) is 5. The summed E-state index contributed by atoms with van der Waals surface area (Å²) >= 11 is 0. The van der Waals surface area contributed by atoms with Gasteiger partial charge in [-0.1, -0.05) is 12.1 Å². The summed E-state index contributed by atoms with van der Waals surface area (Å²) in [6.07, 6.45) is -4.53. The van der Waals surface area contributed by atoms with Gasteiger partial charge in [0.15, 0.2) is 0 Å². The van der Waals surface area contributed by atoms with Crippen LogP contribution in [0.25, 0.3) is 0 Å². The molecule has 15 heteroatoms. The van der Waals surface area contributed by atoms with Crippen LogP contribution in [0.3, 0.4) is 0 Å². The molecule has 0 aliphatic rings. The van der Waals surface area contributed by atoms with Crippen molar-refractivity contribution in [2.75, 3.05) is 23.7 Å². The van der Waals surface area contributed by atoms with Crippen molar-refractivity contribution in [1.82, 2.24) is 15.4 Å². The molecule has 10 nitrogen and oxygen atoms in total. The monoisotopic (exact) mass is 581 g/mol. The zero-order valence-corrected chi connectivity index (χ0v) is 21.5. The van der Waals surface area contributed by atoms with Crippen LogP contribution in [0.15, 0.2) is 71.6 Å². The van der Waals surface area contributed by atoms with Crippen molar-refractivity contribution in [3.63, 3.8) is 0 Å². The second kappa shape index (κ2) is 12.5. The largest absolute Gasteiger partial charge is 0.416 e. The normalized spacial score (nSPS) is 11.3. The Morgan fingerprint density at radius 3 is 2.12 bits per heavy atom. The van der Waals surface area contributed by atoms with Crippen molar-refractivity contribution >= 4 is 39.4 Å². The van der Waals surface area contributed by atoms with E-state index in [0.29, 0.717) is 5.56 Å². The Labute approximate surface area is 226 Å². The summed E-state index contributed by atoms with van der Waals surface area (Å²) < 4.78 is 78.7. The average molecular weight is 582 g/mol. The molecule has 5 N–H and O–H groups in total. The van der Waals surface area contributed by atoms with E-state index in [1.54, 1.807) is 13.0 Å². The molecule has 0 radical (unpaired) electrons. The molecular formula is C25H23F4N5O5S. The lowest BCUT2D eigenvalue weighted by Crippen LogP contribution is -2.42. The van der Waals surface area contributed by atoms with Crippen LogP contribution < -0.4 is 26.0 Å². The van der Waals surface area contributed by atoms with E-state index in [9.17, 15) is 40.4 Å². The summed E-state index contributed by atoms with van der Waals surface area (Å²) in [6.45, 7) is 1.43. The van der Waals surface area contributed by atoms with Crippen LogP contribution in [0.1, 0.15) is 21.5 Å². The molecule has 0 saturated heterocycles. The molecule has 0 saturated carbocycles. The molecule has 0 unspecified atom stereocenters. The van der Waals surface area contributed by atoms with E-state index in [0.717, 1.165) is 36.4 Å². The molecule has 0 spiro atoms. The highest BCUT2D eigenvalue weighted by Crippen LogP contribution is 2.29. The third-order valence-corrected chi connectivity index (χ3v) is 6.50. The predicted octanol–water partition coefficient (Wildman–Crippen LogP) is 4.21. The quantitative estimate of drug-likeness (QED) is 0.200. The van der Waals surface area contributed by atoms with Crippen LogP contribution in [0, 0.1) is 12.7 Å². The number of carbonyl (C=O) groups is 3.